The number of hydrogen-bond donors (Lipinski definition) is 3. The lowest BCUT2D eigenvalue weighted by atomic mass is 10.0. The van der Waals surface area contributed by atoms with Crippen molar-refractivity contribution in [2.24, 2.45) is 5.73 Å². The summed E-state index contributed by atoms with van der Waals surface area (Å²) in [5.41, 5.74) is 5.27. The summed E-state index contributed by atoms with van der Waals surface area (Å²) < 4.78 is 42.0. The van der Waals surface area contributed by atoms with Gasteiger partial charge in [0.15, 0.2) is 0 Å². The molecule has 0 aliphatic rings. The lowest BCUT2D eigenvalue weighted by molar-refractivity contribution is -0.115. The van der Waals surface area contributed by atoms with Gasteiger partial charge in [-0.15, -0.1) is 6.58 Å². The van der Waals surface area contributed by atoms with Gasteiger partial charge in [-0.2, -0.15) is 5.10 Å². The van der Waals surface area contributed by atoms with Crippen molar-refractivity contribution in [2.45, 2.75) is 72.4 Å². The maximum absolute atomic E-state index is 15.2. The van der Waals surface area contributed by atoms with Gasteiger partial charge in [-0.3, -0.25) is 20.2 Å². The summed E-state index contributed by atoms with van der Waals surface area (Å²) in [6.07, 6.45) is -0.266. The normalized spacial score (nSPS) is 11.4. The second-order valence-corrected chi connectivity index (χ2v) is 10.9. The zero-order chi connectivity index (χ0) is 30.6. The Labute approximate surface area is 236 Å². The van der Waals surface area contributed by atoms with E-state index in [1.807, 2.05) is 6.92 Å². The fraction of sp³-hybridized carbons (Fsp3) is 0.393. The zero-order valence-corrected chi connectivity index (χ0v) is 23.9. The van der Waals surface area contributed by atoms with Gasteiger partial charge in [0, 0.05) is 23.2 Å². The van der Waals surface area contributed by atoms with Gasteiger partial charge < -0.3 is 15.0 Å². The van der Waals surface area contributed by atoms with Crippen LogP contribution in [-0.2, 0) is 22.4 Å². The van der Waals surface area contributed by atoms with E-state index >= 15 is 8.78 Å². The first-order chi connectivity index (χ1) is 19.1. The van der Waals surface area contributed by atoms with E-state index in [0.717, 1.165) is 17.7 Å². The summed E-state index contributed by atoms with van der Waals surface area (Å²) >= 11 is 0. The Balaban J connectivity index is 1.89. The van der Waals surface area contributed by atoms with E-state index in [9.17, 15) is 14.4 Å². The quantitative estimate of drug-likeness (QED) is 0.270. The highest BCUT2D eigenvalue weighted by atomic mass is 19.1. The predicted octanol–water partition coefficient (Wildman–Crippen LogP) is 5.53. The molecule has 0 atom stereocenters. The summed E-state index contributed by atoms with van der Waals surface area (Å²) in [6, 6.07) is 3.01. The number of carbonyl (C=O) groups is 3. The molecular weight excluding hydrogens is 538 g/mol. The van der Waals surface area contributed by atoms with Crippen molar-refractivity contribution in [1.82, 2.24) is 14.9 Å². The molecule has 0 saturated carbocycles. The minimum atomic E-state index is -1.05. The van der Waals surface area contributed by atoms with Crippen LogP contribution in [0.15, 0.2) is 34.9 Å². The average Bonchev–Trinajstić information content (AvgIpc) is 3.43. The van der Waals surface area contributed by atoms with Gasteiger partial charge in [0.2, 0.25) is 11.8 Å². The van der Waals surface area contributed by atoms with Crippen molar-refractivity contribution >= 4 is 29.6 Å². The number of aryl methyl sites for hydroxylation is 1. The van der Waals surface area contributed by atoms with Crippen molar-refractivity contribution < 1.29 is 32.4 Å². The van der Waals surface area contributed by atoms with Crippen LogP contribution in [0.25, 0.3) is 11.3 Å². The molecule has 2 heterocycles. The third kappa shape index (κ3) is 7.99. The number of primary amides is 1. The molecule has 0 aliphatic heterocycles. The molecule has 0 aliphatic carbocycles. The van der Waals surface area contributed by atoms with Crippen LogP contribution in [0.1, 0.15) is 75.6 Å². The number of nitrogens with one attached hydrogen (secondary N) is 2. The van der Waals surface area contributed by atoms with E-state index in [2.05, 4.69) is 27.5 Å². The highest BCUT2D eigenvalue weighted by Gasteiger charge is 2.29. The van der Waals surface area contributed by atoms with Crippen LogP contribution >= 0.6 is 0 Å². The van der Waals surface area contributed by atoms with Gasteiger partial charge in [0.1, 0.15) is 34.3 Å². The molecule has 3 aromatic rings. The van der Waals surface area contributed by atoms with Gasteiger partial charge >= 0.3 is 6.09 Å². The molecule has 4 N–H and O–H groups in total. The van der Waals surface area contributed by atoms with Crippen LogP contribution in [0, 0.1) is 11.6 Å². The van der Waals surface area contributed by atoms with E-state index < -0.39 is 47.1 Å². The molecule has 0 bridgehead atoms. The van der Waals surface area contributed by atoms with Crippen molar-refractivity contribution in [3.63, 3.8) is 0 Å². The fourth-order valence-corrected chi connectivity index (χ4v) is 3.84. The second kappa shape index (κ2) is 12.3. The molecule has 0 spiro atoms. The highest BCUT2D eigenvalue weighted by Crippen LogP contribution is 2.33. The molecule has 3 amide bonds. The molecule has 0 fully saturated rings. The van der Waals surface area contributed by atoms with E-state index in [0.29, 0.717) is 18.5 Å². The second-order valence-electron chi connectivity index (χ2n) is 10.9. The molecule has 11 nitrogen and oxygen atoms in total. The van der Waals surface area contributed by atoms with Gasteiger partial charge in [-0.25, -0.2) is 18.3 Å². The first-order valence-corrected chi connectivity index (χ1v) is 12.9. The van der Waals surface area contributed by atoms with Crippen LogP contribution in [0.2, 0.25) is 0 Å². The number of rotatable bonds is 10. The van der Waals surface area contributed by atoms with Crippen molar-refractivity contribution in [1.29, 1.82) is 0 Å². The SMILES string of the molecule is C=C(C)CCc1cc(NC(=O)Cc2c(F)cc(-c3nn(C(C)C)c(NC(=O)OC(C)(C)C)c3C(N)=O)cc2F)on1. The Hall–Kier alpha value is -4.55. The number of allylic oxidation sites excluding steroid dienone is 1. The maximum Gasteiger partial charge on any atom is 0.413 e. The summed E-state index contributed by atoms with van der Waals surface area (Å²) in [4.78, 5) is 37.5. The molecule has 13 heteroatoms. The minimum absolute atomic E-state index is 0.0412. The number of amides is 3. The van der Waals surface area contributed by atoms with E-state index in [1.54, 1.807) is 34.6 Å². The Morgan fingerprint density at radius 3 is 2.32 bits per heavy atom. The fourth-order valence-electron chi connectivity index (χ4n) is 3.84. The molecule has 0 saturated heterocycles. The van der Waals surface area contributed by atoms with Crippen molar-refractivity contribution in [2.75, 3.05) is 10.6 Å². The molecule has 2 aromatic heterocycles. The van der Waals surface area contributed by atoms with E-state index in [-0.39, 0.29) is 34.6 Å². The summed E-state index contributed by atoms with van der Waals surface area (Å²) in [5.74, 6) is -3.87. The maximum atomic E-state index is 15.2. The molecule has 1 aromatic carbocycles. The molecular formula is C28H34F2N6O5. The number of hydrogen-bond acceptors (Lipinski definition) is 7. The first kappa shape index (κ1) is 31.0. The van der Waals surface area contributed by atoms with Gasteiger partial charge in [0.25, 0.3) is 5.91 Å². The first-order valence-electron chi connectivity index (χ1n) is 12.9. The number of ether oxygens (including phenoxy) is 1. The minimum Gasteiger partial charge on any atom is -0.444 e. The molecule has 41 heavy (non-hydrogen) atoms. The smallest absolute Gasteiger partial charge is 0.413 e. The van der Waals surface area contributed by atoms with Crippen molar-refractivity contribution in [3.8, 4) is 11.3 Å². The largest absolute Gasteiger partial charge is 0.444 e. The topological polar surface area (TPSA) is 154 Å². The molecule has 0 unspecified atom stereocenters. The lowest BCUT2D eigenvalue weighted by Crippen LogP contribution is -2.29. The third-order valence-corrected chi connectivity index (χ3v) is 5.65. The third-order valence-electron chi connectivity index (χ3n) is 5.65. The molecule has 0 radical (unpaired) electrons. The Kier molecular flexibility index (Phi) is 9.31. The number of benzene rings is 1. The van der Waals surface area contributed by atoms with Crippen LogP contribution < -0.4 is 16.4 Å². The van der Waals surface area contributed by atoms with Crippen LogP contribution in [-0.4, -0.2) is 38.4 Å². The Morgan fingerprint density at radius 2 is 1.78 bits per heavy atom. The van der Waals surface area contributed by atoms with Gasteiger partial charge in [-0.05, 0) is 66.5 Å². The molecule has 3 rings (SSSR count). The standard InChI is InChI=1S/C28H34F2N6O5/c1-14(2)8-9-17-12-22(41-35-17)32-21(37)13-18-19(29)10-16(11-20(18)30)24-23(25(31)38)26(36(34-24)15(3)4)33-27(39)40-28(5,6)7/h10-12,15H,1,8-9,13H2,2-7H3,(H2,31,38)(H,32,37)(H,33,39). The predicted molar refractivity (Wildman–Crippen MR) is 148 cm³/mol. The summed E-state index contributed by atoms with van der Waals surface area (Å²) in [5, 5.41) is 13.1. The lowest BCUT2D eigenvalue weighted by Gasteiger charge is -2.20. The Bertz CT molecular complexity index is 1460. The summed E-state index contributed by atoms with van der Waals surface area (Å²) in [6.45, 7) is 14.1. The van der Waals surface area contributed by atoms with Crippen LogP contribution in [0.5, 0.6) is 0 Å². The van der Waals surface area contributed by atoms with Crippen molar-refractivity contribution in [3.05, 3.63) is 58.8 Å². The number of aromatic nitrogens is 3. The number of nitrogens with zero attached hydrogens (tertiary/aromatic N) is 3. The average molecular weight is 573 g/mol. The zero-order valence-electron chi connectivity index (χ0n) is 23.9. The highest BCUT2D eigenvalue weighted by molar-refractivity contribution is 6.06. The van der Waals surface area contributed by atoms with Gasteiger partial charge in [-0.1, -0.05) is 10.7 Å². The van der Waals surface area contributed by atoms with Crippen LogP contribution in [0.4, 0.5) is 25.3 Å². The molecule has 220 valence electrons. The summed E-state index contributed by atoms with van der Waals surface area (Å²) in [7, 11) is 0. The van der Waals surface area contributed by atoms with E-state index in [1.165, 1.54) is 10.7 Å². The Morgan fingerprint density at radius 1 is 1.15 bits per heavy atom. The number of nitrogens with two attached hydrogens (primary N) is 1. The number of anilines is 2. The van der Waals surface area contributed by atoms with Gasteiger partial charge in [0.05, 0.1) is 12.1 Å². The monoisotopic (exact) mass is 572 g/mol. The van der Waals surface area contributed by atoms with E-state index in [4.69, 9.17) is 15.0 Å². The van der Waals surface area contributed by atoms with Crippen LogP contribution in [0.3, 0.4) is 0 Å². The number of halogens is 2. The number of carbonyl (C=O) groups excluding carboxylic acids is 3.